The standard InChI is InChI=1S/C13H15ClO5/c1-5-18-10(15)9-7(2)19-11(16)13(17-4)6-8(14)12(9,13)3/h6H,5H2,1-4H3. The molecule has 6 heteroatoms. The zero-order valence-corrected chi connectivity index (χ0v) is 12.0. The Morgan fingerprint density at radius 2 is 2.16 bits per heavy atom. The van der Waals surface area contributed by atoms with Crippen LogP contribution >= 0.6 is 11.6 Å². The van der Waals surface area contributed by atoms with Gasteiger partial charge in [0.2, 0.25) is 0 Å². The summed E-state index contributed by atoms with van der Waals surface area (Å²) in [5, 5.41) is 0.369. The van der Waals surface area contributed by atoms with Crippen LogP contribution in [0.2, 0.25) is 0 Å². The van der Waals surface area contributed by atoms with E-state index in [1.54, 1.807) is 13.8 Å². The molecule has 0 aromatic carbocycles. The number of fused-ring (bicyclic) bond motifs is 1. The largest absolute Gasteiger partial charge is 0.463 e. The van der Waals surface area contributed by atoms with Crippen LogP contribution in [0.1, 0.15) is 20.8 Å². The molecule has 19 heavy (non-hydrogen) atoms. The van der Waals surface area contributed by atoms with E-state index >= 15 is 0 Å². The first-order valence-corrected chi connectivity index (χ1v) is 6.27. The van der Waals surface area contributed by atoms with Crippen molar-refractivity contribution in [3.63, 3.8) is 0 Å². The summed E-state index contributed by atoms with van der Waals surface area (Å²) in [6.07, 6.45) is 1.46. The molecule has 0 fully saturated rings. The SMILES string of the molecule is CCOC(=O)C1=C(C)OC(=O)C2(OC)C=C(Cl)C12C. The number of halogens is 1. The summed E-state index contributed by atoms with van der Waals surface area (Å²) in [6, 6.07) is 0. The number of carbonyl (C=O) groups is 2. The van der Waals surface area contributed by atoms with Gasteiger partial charge in [0.25, 0.3) is 0 Å². The Morgan fingerprint density at radius 3 is 2.63 bits per heavy atom. The third kappa shape index (κ3) is 1.51. The minimum Gasteiger partial charge on any atom is -0.463 e. The number of allylic oxidation sites excluding steroid dienone is 1. The number of carbonyl (C=O) groups excluding carboxylic acids is 2. The van der Waals surface area contributed by atoms with E-state index in [1.165, 1.54) is 20.1 Å². The van der Waals surface area contributed by atoms with Gasteiger partial charge in [0, 0.05) is 12.1 Å². The lowest BCUT2D eigenvalue weighted by Crippen LogP contribution is -2.64. The van der Waals surface area contributed by atoms with Crippen LogP contribution in [-0.2, 0) is 23.8 Å². The van der Waals surface area contributed by atoms with Crippen molar-refractivity contribution in [2.24, 2.45) is 5.41 Å². The molecule has 0 aromatic rings. The average Bonchev–Trinajstić information content (AvgIpc) is 2.34. The Bertz CT molecular complexity index is 521. The van der Waals surface area contributed by atoms with Gasteiger partial charge in [0.1, 0.15) is 5.76 Å². The third-order valence-electron chi connectivity index (χ3n) is 3.75. The van der Waals surface area contributed by atoms with Gasteiger partial charge in [-0.2, -0.15) is 0 Å². The molecule has 1 aliphatic heterocycles. The first-order valence-electron chi connectivity index (χ1n) is 5.90. The van der Waals surface area contributed by atoms with E-state index in [-0.39, 0.29) is 17.9 Å². The summed E-state index contributed by atoms with van der Waals surface area (Å²) in [4.78, 5) is 24.2. The molecule has 0 bridgehead atoms. The van der Waals surface area contributed by atoms with E-state index in [4.69, 9.17) is 25.8 Å². The molecule has 2 unspecified atom stereocenters. The van der Waals surface area contributed by atoms with Crippen LogP contribution in [0.4, 0.5) is 0 Å². The van der Waals surface area contributed by atoms with Crippen LogP contribution in [0, 0.1) is 5.41 Å². The second kappa shape index (κ2) is 4.35. The molecule has 5 nitrogen and oxygen atoms in total. The van der Waals surface area contributed by atoms with E-state index in [2.05, 4.69) is 0 Å². The maximum atomic E-state index is 12.1. The molecule has 0 amide bonds. The molecule has 0 N–H and O–H groups in total. The van der Waals surface area contributed by atoms with Gasteiger partial charge in [0.15, 0.2) is 5.60 Å². The normalized spacial score (nSPS) is 33.1. The molecule has 2 atom stereocenters. The highest BCUT2D eigenvalue weighted by molar-refractivity contribution is 6.33. The Hall–Kier alpha value is -1.33. The monoisotopic (exact) mass is 286 g/mol. The van der Waals surface area contributed by atoms with Gasteiger partial charge in [-0.3, -0.25) is 0 Å². The van der Waals surface area contributed by atoms with Gasteiger partial charge in [-0.25, -0.2) is 9.59 Å². The predicted molar refractivity (Wildman–Crippen MR) is 67.2 cm³/mol. The van der Waals surface area contributed by atoms with Crippen LogP contribution < -0.4 is 0 Å². The predicted octanol–water partition coefficient (Wildman–Crippen LogP) is 1.91. The summed E-state index contributed by atoms with van der Waals surface area (Å²) >= 11 is 6.13. The number of hydrogen-bond acceptors (Lipinski definition) is 5. The summed E-state index contributed by atoms with van der Waals surface area (Å²) in [5.41, 5.74) is -2.19. The third-order valence-corrected chi connectivity index (χ3v) is 4.24. The Morgan fingerprint density at radius 1 is 1.53 bits per heavy atom. The highest BCUT2D eigenvalue weighted by Gasteiger charge is 2.69. The number of ether oxygens (including phenoxy) is 3. The molecule has 2 rings (SSSR count). The van der Waals surface area contributed by atoms with Crippen molar-refractivity contribution in [2.75, 3.05) is 13.7 Å². The van der Waals surface area contributed by atoms with Crippen molar-refractivity contribution < 1.29 is 23.8 Å². The van der Waals surface area contributed by atoms with Crippen molar-refractivity contribution in [1.82, 2.24) is 0 Å². The lowest BCUT2D eigenvalue weighted by Gasteiger charge is -2.53. The van der Waals surface area contributed by atoms with E-state index in [1.807, 2.05) is 0 Å². The van der Waals surface area contributed by atoms with E-state index in [9.17, 15) is 9.59 Å². The summed E-state index contributed by atoms with van der Waals surface area (Å²) < 4.78 is 15.4. The maximum absolute atomic E-state index is 12.1. The molecular formula is C13H15ClO5. The lowest BCUT2D eigenvalue weighted by atomic mass is 9.58. The second-order valence-corrected chi connectivity index (χ2v) is 5.01. The highest BCUT2D eigenvalue weighted by Crippen LogP contribution is 2.60. The van der Waals surface area contributed by atoms with Crippen molar-refractivity contribution in [2.45, 2.75) is 26.4 Å². The molecule has 0 radical (unpaired) electrons. The molecule has 1 heterocycles. The van der Waals surface area contributed by atoms with Gasteiger partial charge in [0.05, 0.1) is 17.6 Å². The molecule has 0 saturated heterocycles. The van der Waals surface area contributed by atoms with E-state index in [0.717, 1.165) is 0 Å². The zero-order chi connectivity index (χ0) is 14.4. The first-order chi connectivity index (χ1) is 8.85. The zero-order valence-electron chi connectivity index (χ0n) is 11.2. The number of hydrogen-bond donors (Lipinski definition) is 0. The Kier molecular flexibility index (Phi) is 3.23. The van der Waals surface area contributed by atoms with Crippen molar-refractivity contribution >= 4 is 23.5 Å². The molecule has 1 aliphatic carbocycles. The smallest absolute Gasteiger partial charge is 0.348 e. The van der Waals surface area contributed by atoms with Gasteiger partial charge in [-0.05, 0) is 26.8 Å². The number of cyclic esters (lactones) is 1. The van der Waals surface area contributed by atoms with Crippen LogP contribution in [-0.4, -0.2) is 31.3 Å². The fraction of sp³-hybridized carbons (Fsp3) is 0.538. The topological polar surface area (TPSA) is 61.8 Å². The van der Waals surface area contributed by atoms with Crippen LogP contribution in [0.15, 0.2) is 22.4 Å². The minimum atomic E-state index is -1.36. The van der Waals surface area contributed by atoms with Gasteiger partial charge >= 0.3 is 11.9 Å². The summed E-state index contributed by atoms with van der Waals surface area (Å²) in [5.74, 6) is -0.931. The fourth-order valence-corrected chi connectivity index (χ4v) is 3.04. The van der Waals surface area contributed by atoms with Crippen LogP contribution in [0.5, 0.6) is 0 Å². The van der Waals surface area contributed by atoms with Crippen LogP contribution in [0.25, 0.3) is 0 Å². The van der Waals surface area contributed by atoms with E-state index < -0.39 is 23.0 Å². The molecule has 104 valence electrons. The lowest BCUT2D eigenvalue weighted by molar-refractivity contribution is -0.178. The second-order valence-electron chi connectivity index (χ2n) is 4.60. The molecule has 0 saturated carbocycles. The average molecular weight is 287 g/mol. The fourth-order valence-electron chi connectivity index (χ4n) is 2.65. The maximum Gasteiger partial charge on any atom is 0.348 e. The van der Waals surface area contributed by atoms with E-state index in [0.29, 0.717) is 5.03 Å². The molecule has 2 aliphatic rings. The Balaban J connectivity index is 2.60. The summed E-state index contributed by atoms with van der Waals surface area (Å²) in [7, 11) is 1.38. The van der Waals surface area contributed by atoms with Gasteiger partial charge in [-0.15, -0.1) is 0 Å². The summed E-state index contributed by atoms with van der Waals surface area (Å²) in [6.45, 7) is 5.14. The quantitative estimate of drug-likeness (QED) is 0.742. The van der Waals surface area contributed by atoms with Crippen LogP contribution in [0.3, 0.4) is 0 Å². The van der Waals surface area contributed by atoms with Gasteiger partial charge < -0.3 is 14.2 Å². The molecule has 0 spiro atoms. The minimum absolute atomic E-state index is 0.199. The van der Waals surface area contributed by atoms with Crippen molar-refractivity contribution in [1.29, 1.82) is 0 Å². The molecule has 0 aromatic heterocycles. The number of esters is 2. The van der Waals surface area contributed by atoms with Crippen molar-refractivity contribution in [3.05, 3.63) is 22.4 Å². The highest BCUT2D eigenvalue weighted by atomic mass is 35.5. The van der Waals surface area contributed by atoms with Gasteiger partial charge in [-0.1, -0.05) is 11.6 Å². The number of methoxy groups -OCH3 is 1. The van der Waals surface area contributed by atoms with Crippen molar-refractivity contribution in [3.8, 4) is 0 Å². The Labute approximate surface area is 116 Å². The first kappa shape index (κ1) is 14.1. The number of rotatable bonds is 3. The molecular weight excluding hydrogens is 272 g/mol.